The molecule has 0 aliphatic carbocycles. The van der Waals surface area contributed by atoms with Crippen LogP contribution in [0.15, 0.2) is 64.0 Å². The molecule has 2 heterocycles. The number of fused-ring (bicyclic) bond motifs is 1. The summed E-state index contributed by atoms with van der Waals surface area (Å²) in [4.78, 5) is 31.4. The van der Waals surface area contributed by atoms with Gasteiger partial charge in [0.2, 0.25) is 0 Å². The predicted molar refractivity (Wildman–Crippen MR) is 147 cm³/mol. The second-order valence-corrected chi connectivity index (χ2v) is 10.0. The zero-order valence-corrected chi connectivity index (χ0v) is 23.0. The highest BCUT2D eigenvalue weighted by Crippen LogP contribution is 2.35. The van der Waals surface area contributed by atoms with Gasteiger partial charge in [-0.1, -0.05) is 43.4 Å². The van der Waals surface area contributed by atoms with Crippen molar-refractivity contribution in [2.24, 2.45) is 10.9 Å². The van der Waals surface area contributed by atoms with E-state index in [1.165, 1.54) is 29.2 Å². The van der Waals surface area contributed by atoms with Crippen LogP contribution in [0.2, 0.25) is 0 Å². The molecule has 0 fully saturated rings. The zero-order valence-electron chi connectivity index (χ0n) is 22.2. The van der Waals surface area contributed by atoms with Crippen LogP contribution in [0.1, 0.15) is 44.9 Å². The first kappa shape index (κ1) is 27.2. The highest BCUT2D eigenvalue weighted by Gasteiger charge is 2.31. The summed E-state index contributed by atoms with van der Waals surface area (Å²) in [5, 5.41) is 0. The van der Waals surface area contributed by atoms with Crippen LogP contribution in [0.25, 0.3) is 6.08 Å². The molecule has 8 nitrogen and oxygen atoms in total. The average molecular weight is 537 g/mol. The molecule has 0 spiro atoms. The Kier molecular flexibility index (Phi) is 8.68. The maximum Gasteiger partial charge on any atom is 0.337 e. The van der Waals surface area contributed by atoms with Crippen molar-refractivity contribution in [1.29, 1.82) is 0 Å². The van der Waals surface area contributed by atoms with Crippen LogP contribution < -0.4 is 29.1 Å². The number of benzene rings is 2. The van der Waals surface area contributed by atoms with Crippen molar-refractivity contribution in [1.82, 2.24) is 4.57 Å². The molecule has 3 aromatic rings. The van der Waals surface area contributed by atoms with E-state index in [0.717, 1.165) is 11.3 Å². The molecule has 1 aliphatic rings. The van der Waals surface area contributed by atoms with E-state index < -0.39 is 12.0 Å². The second kappa shape index (κ2) is 12.1. The summed E-state index contributed by atoms with van der Waals surface area (Å²) >= 11 is 1.27. The maximum absolute atomic E-state index is 13.7. The minimum Gasteiger partial charge on any atom is -0.493 e. The van der Waals surface area contributed by atoms with E-state index in [1.807, 2.05) is 50.3 Å². The van der Waals surface area contributed by atoms with Gasteiger partial charge in [0.15, 0.2) is 16.3 Å². The van der Waals surface area contributed by atoms with E-state index in [4.69, 9.17) is 18.9 Å². The predicted octanol–water partition coefficient (Wildman–Crippen LogP) is 3.85. The van der Waals surface area contributed by atoms with E-state index >= 15 is 0 Å². The Morgan fingerprint density at radius 1 is 1.05 bits per heavy atom. The number of hydrogen-bond acceptors (Lipinski definition) is 8. The third-order valence-corrected chi connectivity index (χ3v) is 6.77. The van der Waals surface area contributed by atoms with Crippen LogP contribution in [-0.2, 0) is 9.53 Å². The Bertz CT molecular complexity index is 1500. The van der Waals surface area contributed by atoms with Gasteiger partial charge in [-0.05, 0) is 61.2 Å². The molecule has 4 rings (SSSR count). The quantitative estimate of drug-likeness (QED) is 0.366. The fourth-order valence-electron chi connectivity index (χ4n) is 4.06. The highest BCUT2D eigenvalue weighted by molar-refractivity contribution is 7.07. The SMILES string of the molecule is CCOc1ccc([C@@H]2C(C(=O)OC)=CN=c3s/c(=C\c4ccc(OCC(C)C)cc4)c(=O)n32)cc1OCC. The summed E-state index contributed by atoms with van der Waals surface area (Å²) in [6, 6.07) is 12.3. The van der Waals surface area contributed by atoms with Gasteiger partial charge in [-0.25, -0.2) is 9.79 Å². The van der Waals surface area contributed by atoms with Crippen LogP contribution in [-0.4, -0.2) is 37.5 Å². The van der Waals surface area contributed by atoms with Gasteiger partial charge in [0, 0.05) is 6.20 Å². The normalized spacial score (nSPS) is 14.9. The molecule has 2 aromatic carbocycles. The van der Waals surface area contributed by atoms with E-state index in [1.54, 1.807) is 12.1 Å². The van der Waals surface area contributed by atoms with Crippen LogP contribution in [0, 0.1) is 5.92 Å². The Hall–Kier alpha value is -3.85. The second-order valence-electron chi connectivity index (χ2n) is 9.02. The van der Waals surface area contributed by atoms with Crippen molar-refractivity contribution < 1.29 is 23.7 Å². The largest absolute Gasteiger partial charge is 0.493 e. The van der Waals surface area contributed by atoms with Crippen LogP contribution in [0.3, 0.4) is 0 Å². The molecule has 1 atom stereocenters. The Morgan fingerprint density at radius 3 is 2.42 bits per heavy atom. The van der Waals surface area contributed by atoms with Gasteiger partial charge in [-0.15, -0.1) is 0 Å². The number of aromatic nitrogens is 1. The lowest BCUT2D eigenvalue weighted by Gasteiger charge is -2.23. The first-order valence-corrected chi connectivity index (χ1v) is 13.4. The van der Waals surface area contributed by atoms with Crippen LogP contribution >= 0.6 is 11.3 Å². The molecule has 1 aromatic heterocycles. The number of carbonyl (C=O) groups is 1. The molecular formula is C29H32N2O6S. The summed E-state index contributed by atoms with van der Waals surface area (Å²) in [5.41, 5.74) is 1.54. The lowest BCUT2D eigenvalue weighted by atomic mass is 9.97. The number of hydrogen-bond donors (Lipinski definition) is 0. The maximum atomic E-state index is 13.7. The van der Waals surface area contributed by atoms with E-state index in [9.17, 15) is 9.59 Å². The molecule has 0 saturated carbocycles. The van der Waals surface area contributed by atoms with Crippen LogP contribution in [0.5, 0.6) is 17.2 Å². The zero-order chi connectivity index (χ0) is 27.2. The molecule has 0 saturated heterocycles. The smallest absolute Gasteiger partial charge is 0.337 e. The monoisotopic (exact) mass is 536 g/mol. The topological polar surface area (TPSA) is 88.4 Å². The van der Waals surface area contributed by atoms with E-state index in [2.05, 4.69) is 18.8 Å². The van der Waals surface area contributed by atoms with Crippen molar-refractivity contribution in [2.45, 2.75) is 33.7 Å². The van der Waals surface area contributed by atoms with Gasteiger partial charge in [0.25, 0.3) is 5.56 Å². The average Bonchev–Trinajstić information content (AvgIpc) is 3.23. The minimum absolute atomic E-state index is 0.250. The van der Waals surface area contributed by atoms with E-state index in [0.29, 0.717) is 52.1 Å². The first-order valence-electron chi connectivity index (χ1n) is 12.6. The van der Waals surface area contributed by atoms with Crippen molar-refractivity contribution in [3.05, 3.63) is 85.1 Å². The van der Waals surface area contributed by atoms with Crippen molar-refractivity contribution in [3.8, 4) is 17.2 Å². The number of nitrogens with zero attached hydrogens (tertiary/aromatic N) is 2. The number of ether oxygens (including phenoxy) is 4. The summed E-state index contributed by atoms with van der Waals surface area (Å²) in [6.45, 7) is 9.52. The third-order valence-electron chi connectivity index (χ3n) is 5.77. The van der Waals surface area contributed by atoms with Gasteiger partial charge >= 0.3 is 5.97 Å². The molecule has 0 N–H and O–H groups in total. The molecule has 0 amide bonds. The molecule has 0 bridgehead atoms. The molecule has 9 heteroatoms. The van der Waals surface area contributed by atoms with Gasteiger partial charge in [0.1, 0.15) is 5.75 Å². The fraction of sp³-hybridized carbons (Fsp3) is 0.345. The Morgan fingerprint density at radius 2 is 1.76 bits per heavy atom. The van der Waals surface area contributed by atoms with Gasteiger partial charge in [-0.2, -0.15) is 0 Å². The van der Waals surface area contributed by atoms with Gasteiger partial charge < -0.3 is 18.9 Å². The van der Waals surface area contributed by atoms with Crippen molar-refractivity contribution in [2.75, 3.05) is 26.9 Å². The lowest BCUT2D eigenvalue weighted by molar-refractivity contribution is -0.136. The van der Waals surface area contributed by atoms with Crippen LogP contribution in [0.4, 0.5) is 0 Å². The summed E-state index contributed by atoms with van der Waals surface area (Å²) in [5.74, 6) is 1.78. The highest BCUT2D eigenvalue weighted by atomic mass is 32.1. The summed E-state index contributed by atoms with van der Waals surface area (Å²) in [7, 11) is 1.31. The van der Waals surface area contributed by atoms with Gasteiger partial charge in [-0.3, -0.25) is 9.36 Å². The molecule has 1 aliphatic heterocycles. The number of esters is 1. The molecule has 0 radical (unpaired) electrons. The van der Waals surface area contributed by atoms with E-state index in [-0.39, 0.29) is 11.1 Å². The standard InChI is InChI=1S/C29H32N2O6S/c1-6-35-23-13-10-20(15-24(23)36-7-2)26-22(28(33)34-5)16-30-29-31(26)27(32)25(38-29)14-19-8-11-21(12-9-19)37-17-18(3)4/h8-16,18,26H,6-7,17H2,1-5H3/b25-14-/t26-/m1/s1. The van der Waals surface area contributed by atoms with Gasteiger partial charge in [0.05, 0.1) is 43.1 Å². The fourth-order valence-corrected chi connectivity index (χ4v) is 5.03. The molecule has 0 unspecified atom stereocenters. The number of methoxy groups -OCH3 is 1. The lowest BCUT2D eigenvalue weighted by Crippen LogP contribution is -2.39. The first-order chi connectivity index (χ1) is 18.4. The Labute approximate surface area is 225 Å². The summed E-state index contributed by atoms with van der Waals surface area (Å²) < 4.78 is 24.3. The molecular weight excluding hydrogens is 504 g/mol. The number of carbonyl (C=O) groups excluding carboxylic acids is 1. The third kappa shape index (κ3) is 5.83. The molecule has 38 heavy (non-hydrogen) atoms. The minimum atomic E-state index is -0.734. The number of thiazole rings is 1. The Balaban J connectivity index is 1.79. The van der Waals surface area contributed by atoms with Crippen molar-refractivity contribution >= 4 is 23.4 Å². The summed E-state index contributed by atoms with van der Waals surface area (Å²) in [6.07, 6.45) is 3.29. The molecule has 200 valence electrons. The van der Waals surface area contributed by atoms with Crippen molar-refractivity contribution in [3.63, 3.8) is 0 Å². The number of rotatable bonds is 10.